The van der Waals surface area contributed by atoms with Crippen LogP contribution in [0, 0.1) is 0 Å². The molecule has 2 N–H and O–H groups in total. The van der Waals surface area contributed by atoms with E-state index in [1.54, 1.807) is 30.3 Å². The number of rotatable bonds is 7. The van der Waals surface area contributed by atoms with Crippen molar-refractivity contribution in [3.63, 3.8) is 0 Å². The number of hydrogen-bond donors (Lipinski definition) is 2. The van der Waals surface area contributed by atoms with Gasteiger partial charge in [0.2, 0.25) is 5.75 Å². The zero-order valence-corrected chi connectivity index (χ0v) is 14.7. The van der Waals surface area contributed by atoms with Crippen molar-refractivity contribution in [1.29, 1.82) is 0 Å². The van der Waals surface area contributed by atoms with Gasteiger partial charge in [0.15, 0.2) is 17.3 Å². The third kappa shape index (κ3) is 4.36. The van der Waals surface area contributed by atoms with Crippen LogP contribution >= 0.6 is 0 Å². The number of carbonyl (C=O) groups is 1. The number of methoxy groups -OCH3 is 3. The number of aliphatic hydroxyl groups is 1. The number of aliphatic hydroxyl groups excluding tert-OH is 1. The smallest absolute Gasteiger partial charge is 0.203 e. The molecular formula is C20H20O6. The molecule has 0 amide bonds. The van der Waals surface area contributed by atoms with E-state index in [0.717, 1.165) is 6.08 Å². The van der Waals surface area contributed by atoms with Crippen LogP contribution in [0.1, 0.15) is 11.1 Å². The predicted molar refractivity (Wildman–Crippen MR) is 98.9 cm³/mol. The maximum atomic E-state index is 12.1. The second-order valence-electron chi connectivity index (χ2n) is 5.24. The van der Waals surface area contributed by atoms with Gasteiger partial charge in [-0.2, -0.15) is 0 Å². The molecule has 6 nitrogen and oxygen atoms in total. The topological polar surface area (TPSA) is 85.2 Å². The molecule has 0 unspecified atom stereocenters. The van der Waals surface area contributed by atoms with Crippen LogP contribution in [0.3, 0.4) is 0 Å². The van der Waals surface area contributed by atoms with Gasteiger partial charge >= 0.3 is 0 Å². The van der Waals surface area contributed by atoms with Gasteiger partial charge in [0.1, 0.15) is 11.5 Å². The number of hydrogen-bond acceptors (Lipinski definition) is 6. The summed E-state index contributed by atoms with van der Waals surface area (Å²) in [6, 6.07) is 9.59. The lowest BCUT2D eigenvalue weighted by molar-refractivity contribution is -0.110. The van der Waals surface area contributed by atoms with Crippen LogP contribution in [-0.2, 0) is 4.79 Å². The third-order valence-electron chi connectivity index (χ3n) is 3.59. The molecule has 26 heavy (non-hydrogen) atoms. The normalized spacial score (nSPS) is 11.4. The first kappa shape index (κ1) is 18.9. The second-order valence-corrected chi connectivity index (χ2v) is 5.24. The molecule has 0 bridgehead atoms. The minimum Gasteiger partial charge on any atom is -0.507 e. The van der Waals surface area contributed by atoms with E-state index in [0.29, 0.717) is 22.8 Å². The minimum absolute atomic E-state index is 0.109. The van der Waals surface area contributed by atoms with Crippen molar-refractivity contribution in [3.05, 3.63) is 59.7 Å². The van der Waals surface area contributed by atoms with Gasteiger partial charge in [-0.3, -0.25) is 4.79 Å². The van der Waals surface area contributed by atoms with Crippen LogP contribution in [0.5, 0.6) is 23.0 Å². The zero-order chi connectivity index (χ0) is 19.1. The van der Waals surface area contributed by atoms with Crippen LogP contribution in [0.15, 0.2) is 48.6 Å². The second kappa shape index (κ2) is 8.62. The van der Waals surface area contributed by atoms with E-state index in [-0.39, 0.29) is 17.1 Å². The van der Waals surface area contributed by atoms with Crippen molar-refractivity contribution in [2.45, 2.75) is 0 Å². The Labute approximate surface area is 151 Å². The Morgan fingerprint density at radius 2 is 1.62 bits per heavy atom. The van der Waals surface area contributed by atoms with Gasteiger partial charge in [0.05, 0.1) is 26.9 Å². The fraction of sp³-hybridized carbons (Fsp3) is 0.150. The van der Waals surface area contributed by atoms with Crippen molar-refractivity contribution >= 4 is 17.6 Å². The van der Waals surface area contributed by atoms with Crippen LogP contribution in [0.25, 0.3) is 11.8 Å². The molecule has 0 saturated heterocycles. The summed E-state index contributed by atoms with van der Waals surface area (Å²) in [5.74, 6) is 0.512. The summed E-state index contributed by atoms with van der Waals surface area (Å²) in [5.41, 5.74) is 0.838. The molecule has 2 rings (SSSR count). The van der Waals surface area contributed by atoms with Crippen LogP contribution in [0.2, 0.25) is 0 Å². The van der Waals surface area contributed by atoms with Gasteiger partial charge in [-0.05, 0) is 35.9 Å². The predicted octanol–water partition coefficient (Wildman–Crippen LogP) is 3.60. The summed E-state index contributed by atoms with van der Waals surface area (Å²) in [7, 11) is 4.51. The van der Waals surface area contributed by atoms with E-state index in [9.17, 15) is 15.0 Å². The zero-order valence-electron chi connectivity index (χ0n) is 14.7. The lowest BCUT2D eigenvalue weighted by atomic mass is 10.1. The van der Waals surface area contributed by atoms with Gasteiger partial charge in [-0.1, -0.05) is 18.2 Å². The SMILES string of the molecule is COc1cc(/C=C/C(=O)/C=C(\O)c2ccccc2O)cc(OC)c1OC. The molecule has 0 aliphatic heterocycles. The maximum Gasteiger partial charge on any atom is 0.203 e. The molecule has 0 fully saturated rings. The first-order valence-corrected chi connectivity index (χ1v) is 7.71. The van der Waals surface area contributed by atoms with Gasteiger partial charge in [0, 0.05) is 6.08 Å². The average molecular weight is 356 g/mol. The van der Waals surface area contributed by atoms with Crippen molar-refractivity contribution < 1.29 is 29.2 Å². The Bertz CT molecular complexity index is 826. The van der Waals surface area contributed by atoms with E-state index < -0.39 is 5.78 Å². The molecule has 0 spiro atoms. The Kier molecular flexibility index (Phi) is 6.27. The van der Waals surface area contributed by atoms with Crippen molar-refractivity contribution in [3.8, 4) is 23.0 Å². The first-order valence-electron chi connectivity index (χ1n) is 7.71. The standard InChI is InChI=1S/C20H20O6/c1-24-18-10-13(11-19(25-2)20(18)26-3)8-9-14(21)12-17(23)15-6-4-5-7-16(15)22/h4-12,22-23H,1-3H3/b9-8+,17-12-. The molecular weight excluding hydrogens is 336 g/mol. The number of ketones is 1. The number of phenolic OH excluding ortho intramolecular Hbond substituents is 1. The lowest BCUT2D eigenvalue weighted by Crippen LogP contribution is -1.96. The number of aromatic hydroxyl groups is 1. The third-order valence-corrected chi connectivity index (χ3v) is 3.59. The van der Waals surface area contributed by atoms with Crippen LogP contribution in [-0.4, -0.2) is 37.3 Å². The molecule has 0 aromatic heterocycles. The monoisotopic (exact) mass is 356 g/mol. The Morgan fingerprint density at radius 3 is 2.15 bits per heavy atom. The number of para-hydroxylation sites is 1. The fourth-order valence-corrected chi connectivity index (χ4v) is 2.33. The van der Waals surface area contributed by atoms with E-state index in [2.05, 4.69) is 0 Å². The molecule has 0 heterocycles. The number of ether oxygens (including phenoxy) is 3. The van der Waals surface area contributed by atoms with E-state index >= 15 is 0 Å². The number of phenols is 1. The van der Waals surface area contributed by atoms with Gasteiger partial charge in [0.25, 0.3) is 0 Å². The van der Waals surface area contributed by atoms with E-state index in [1.807, 2.05) is 0 Å². The molecule has 0 atom stereocenters. The lowest BCUT2D eigenvalue weighted by Gasteiger charge is -2.12. The van der Waals surface area contributed by atoms with Crippen molar-refractivity contribution in [1.82, 2.24) is 0 Å². The summed E-state index contributed by atoms with van der Waals surface area (Å²) < 4.78 is 15.8. The Hall–Kier alpha value is -3.41. The summed E-state index contributed by atoms with van der Waals surface area (Å²) in [5, 5.41) is 19.7. The molecule has 0 saturated carbocycles. The van der Waals surface area contributed by atoms with E-state index in [1.165, 1.54) is 39.5 Å². The quantitative estimate of drug-likeness (QED) is 0.582. The molecule has 2 aromatic rings. The molecule has 6 heteroatoms. The van der Waals surface area contributed by atoms with Crippen molar-refractivity contribution in [2.75, 3.05) is 21.3 Å². The average Bonchev–Trinajstić information content (AvgIpc) is 2.65. The van der Waals surface area contributed by atoms with Gasteiger partial charge < -0.3 is 24.4 Å². The summed E-state index contributed by atoms with van der Waals surface area (Å²) in [4.78, 5) is 12.1. The highest BCUT2D eigenvalue weighted by atomic mass is 16.5. The molecule has 136 valence electrons. The maximum absolute atomic E-state index is 12.1. The summed E-state index contributed by atoms with van der Waals surface area (Å²) in [6.07, 6.45) is 3.88. The first-order chi connectivity index (χ1) is 12.5. The van der Waals surface area contributed by atoms with Gasteiger partial charge in [-0.25, -0.2) is 0 Å². The minimum atomic E-state index is -0.445. The highest BCUT2D eigenvalue weighted by Gasteiger charge is 2.12. The fourth-order valence-electron chi connectivity index (χ4n) is 2.33. The number of allylic oxidation sites excluding steroid dienone is 2. The molecule has 2 aromatic carbocycles. The van der Waals surface area contributed by atoms with Crippen molar-refractivity contribution in [2.24, 2.45) is 0 Å². The van der Waals surface area contributed by atoms with E-state index in [4.69, 9.17) is 14.2 Å². The number of benzene rings is 2. The molecule has 0 radical (unpaired) electrons. The molecule has 0 aliphatic rings. The number of carbonyl (C=O) groups excluding carboxylic acids is 1. The van der Waals surface area contributed by atoms with Crippen LogP contribution < -0.4 is 14.2 Å². The Morgan fingerprint density at radius 1 is 1.00 bits per heavy atom. The summed E-state index contributed by atoms with van der Waals surface area (Å²) >= 11 is 0. The highest BCUT2D eigenvalue weighted by molar-refractivity contribution is 6.05. The largest absolute Gasteiger partial charge is 0.507 e. The highest BCUT2D eigenvalue weighted by Crippen LogP contribution is 2.38. The molecule has 0 aliphatic carbocycles. The van der Waals surface area contributed by atoms with Crippen LogP contribution in [0.4, 0.5) is 0 Å². The Balaban J connectivity index is 2.25. The van der Waals surface area contributed by atoms with Gasteiger partial charge in [-0.15, -0.1) is 0 Å². The summed E-state index contributed by atoms with van der Waals surface area (Å²) in [6.45, 7) is 0.